The molecule has 2 heteroatoms. The zero-order valence-corrected chi connectivity index (χ0v) is 8.52. The minimum Gasteiger partial charge on any atom is -0.316 e. The molecule has 2 nitrogen and oxygen atoms in total. The van der Waals surface area contributed by atoms with Gasteiger partial charge < -0.3 is 5.73 Å². The molecule has 0 bridgehead atoms. The first-order valence-electron chi connectivity index (χ1n) is 5.40. The molecule has 0 saturated carbocycles. The van der Waals surface area contributed by atoms with E-state index in [2.05, 4.69) is 35.2 Å². The third-order valence-electron chi connectivity index (χ3n) is 2.94. The third-order valence-corrected chi connectivity index (χ3v) is 2.94. The number of likely N-dealkylation sites (tertiary alicyclic amines) is 1. The summed E-state index contributed by atoms with van der Waals surface area (Å²) in [6.45, 7) is 2.28. The van der Waals surface area contributed by atoms with Crippen LogP contribution in [-0.2, 0) is 6.42 Å². The average molecular weight is 190 g/mol. The van der Waals surface area contributed by atoms with Gasteiger partial charge in [-0.25, -0.2) is 0 Å². The maximum Gasteiger partial charge on any atom is 0.0572 e. The first-order chi connectivity index (χ1) is 6.86. The Morgan fingerprint density at radius 2 is 2.07 bits per heavy atom. The molecule has 1 aliphatic rings. The summed E-state index contributed by atoms with van der Waals surface area (Å²) in [4.78, 5) is 2.38. The van der Waals surface area contributed by atoms with Gasteiger partial charge >= 0.3 is 0 Å². The van der Waals surface area contributed by atoms with Crippen molar-refractivity contribution in [3.8, 4) is 0 Å². The number of benzene rings is 1. The van der Waals surface area contributed by atoms with Crippen molar-refractivity contribution in [1.82, 2.24) is 4.90 Å². The Bertz CT molecular complexity index is 271. The molecular formula is C12H18N2. The van der Waals surface area contributed by atoms with E-state index in [-0.39, 0.29) is 0 Å². The van der Waals surface area contributed by atoms with Crippen molar-refractivity contribution in [3.05, 3.63) is 35.9 Å². The summed E-state index contributed by atoms with van der Waals surface area (Å²) in [7, 11) is 0. The average Bonchev–Trinajstić information content (AvgIpc) is 2.63. The van der Waals surface area contributed by atoms with Crippen molar-refractivity contribution < 1.29 is 0 Å². The maximum atomic E-state index is 5.97. The molecule has 1 aromatic carbocycles. The Morgan fingerprint density at radius 3 is 2.71 bits per heavy atom. The highest BCUT2D eigenvalue weighted by atomic mass is 15.2. The lowest BCUT2D eigenvalue weighted by atomic mass is 10.1. The topological polar surface area (TPSA) is 29.3 Å². The highest BCUT2D eigenvalue weighted by Gasteiger charge is 2.19. The van der Waals surface area contributed by atoms with Gasteiger partial charge in [0.15, 0.2) is 0 Å². The van der Waals surface area contributed by atoms with Crippen LogP contribution in [0.5, 0.6) is 0 Å². The molecule has 0 spiro atoms. The second-order valence-electron chi connectivity index (χ2n) is 3.98. The van der Waals surface area contributed by atoms with Crippen molar-refractivity contribution >= 4 is 0 Å². The van der Waals surface area contributed by atoms with E-state index in [4.69, 9.17) is 5.73 Å². The second-order valence-corrected chi connectivity index (χ2v) is 3.98. The Morgan fingerprint density at radius 1 is 1.29 bits per heavy atom. The largest absolute Gasteiger partial charge is 0.316 e. The Kier molecular flexibility index (Phi) is 3.17. The van der Waals surface area contributed by atoms with E-state index in [1.165, 1.54) is 18.5 Å². The van der Waals surface area contributed by atoms with Crippen LogP contribution in [0.2, 0.25) is 0 Å². The molecule has 0 aliphatic carbocycles. The molecule has 2 N–H and O–H groups in total. The molecule has 1 saturated heterocycles. The van der Waals surface area contributed by atoms with Gasteiger partial charge in [0.1, 0.15) is 0 Å². The zero-order valence-electron chi connectivity index (χ0n) is 8.52. The Hall–Kier alpha value is -0.860. The molecule has 0 amide bonds. The van der Waals surface area contributed by atoms with E-state index in [1.807, 2.05) is 0 Å². The highest BCUT2D eigenvalue weighted by Crippen LogP contribution is 2.13. The second kappa shape index (κ2) is 4.58. The maximum absolute atomic E-state index is 5.97. The molecule has 0 radical (unpaired) electrons. The summed E-state index contributed by atoms with van der Waals surface area (Å²) >= 11 is 0. The number of hydrogen-bond acceptors (Lipinski definition) is 2. The van der Waals surface area contributed by atoms with E-state index in [1.54, 1.807) is 0 Å². The minimum atomic E-state index is 0.304. The van der Waals surface area contributed by atoms with E-state index in [9.17, 15) is 0 Å². The molecule has 76 valence electrons. The van der Waals surface area contributed by atoms with E-state index in [0.717, 1.165) is 19.4 Å². The van der Waals surface area contributed by atoms with Crippen LogP contribution in [0.15, 0.2) is 30.3 Å². The van der Waals surface area contributed by atoms with Gasteiger partial charge in [-0.15, -0.1) is 0 Å². The lowest BCUT2D eigenvalue weighted by Crippen LogP contribution is -2.37. The molecule has 1 heterocycles. The van der Waals surface area contributed by atoms with Crippen LogP contribution in [0.25, 0.3) is 0 Å². The van der Waals surface area contributed by atoms with Crippen molar-refractivity contribution in [2.24, 2.45) is 5.73 Å². The SMILES string of the molecule is NC1CCCN1CCc1ccccc1. The molecule has 1 unspecified atom stereocenters. The smallest absolute Gasteiger partial charge is 0.0572 e. The molecule has 1 atom stereocenters. The van der Waals surface area contributed by atoms with Gasteiger partial charge in [-0.05, 0) is 31.4 Å². The van der Waals surface area contributed by atoms with E-state index < -0.39 is 0 Å². The Balaban J connectivity index is 1.82. The van der Waals surface area contributed by atoms with Gasteiger partial charge in [0.05, 0.1) is 6.17 Å². The van der Waals surface area contributed by atoms with Gasteiger partial charge in [-0.1, -0.05) is 30.3 Å². The minimum absolute atomic E-state index is 0.304. The van der Waals surface area contributed by atoms with Gasteiger partial charge in [0.25, 0.3) is 0 Å². The fourth-order valence-electron chi connectivity index (χ4n) is 2.05. The van der Waals surface area contributed by atoms with Gasteiger partial charge in [0, 0.05) is 6.54 Å². The van der Waals surface area contributed by atoms with E-state index in [0.29, 0.717) is 6.17 Å². The summed E-state index contributed by atoms with van der Waals surface area (Å²) in [5.74, 6) is 0. The van der Waals surface area contributed by atoms with Gasteiger partial charge in [-0.2, -0.15) is 0 Å². The predicted octanol–water partition coefficient (Wildman–Crippen LogP) is 1.61. The summed E-state index contributed by atoms with van der Waals surface area (Å²) in [6.07, 6.45) is 3.85. The van der Waals surface area contributed by atoms with Crippen LogP contribution in [-0.4, -0.2) is 24.2 Å². The standard InChI is InChI=1S/C12H18N2/c13-12-7-4-9-14(12)10-8-11-5-2-1-3-6-11/h1-3,5-6,12H,4,7-10,13H2. The summed E-state index contributed by atoms with van der Waals surface area (Å²) in [5, 5.41) is 0. The summed E-state index contributed by atoms with van der Waals surface area (Å²) < 4.78 is 0. The summed E-state index contributed by atoms with van der Waals surface area (Å²) in [5.41, 5.74) is 7.38. The van der Waals surface area contributed by atoms with Crippen molar-refractivity contribution in [2.75, 3.05) is 13.1 Å². The van der Waals surface area contributed by atoms with Crippen LogP contribution in [0.1, 0.15) is 18.4 Å². The monoisotopic (exact) mass is 190 g/mol. The molecule has 1 aromatic rings. The molecule has 0 aromatic heterocycles. The van der Waals surface area contributed by atoms with Crippen LogP contribution in [0, 0.1) is 0 Å². The predicted molar refractivity (Wildman–Crippen MR) is 58.9 cm³/mol. The lowest BCUT2D eigenvalue weighted by molar-refractivity contribution is 0.262. The summed E-state index contributed by atoms with van der Waals surface area (Å²) in [6, 6.07) is 10.6. The fourth-order valence-corrected chi connectivity index (χ4v) is 2.05. The third kappa shape index (κ3) is 2.34. The molecule has 1 fully saturated rings. The first kappa shape index (κ1) is 9.69. The number of rotatable bonds is 3. The van der Waals surface area contributed by atoms with E-state index >= 15 is 0 Å². The van der Waals surface area contributed by atoms with Crippen LogP contribution < -0.4 is 5.73 Å². The van der Waals surface area contributed by atoms with Crippen molar-refractivity contribution in [3.63, 3.8) is 0 Å². The molecule has 1 aliphatic heterocycles. The molecule has 2 rings (SSSR count). The van der Waals surface area contributed by atoms with Gasteiger partial charge in [-0.3, -0.25) is 4.90 Å². The zero-order chi connectivity index (χ0) is 9.80. The number of nitrogens with zero attached hydrogens (tertiary/aromatic N) is 1. The highest BCUT2D eigenvalue weighted by molar-refractivity contribution is 5.14. The van der Waals surface area contributed by atoms with Crippen LogP contribution in [0.3, 0.4) is 0 Å². The van der Waals surface area contributed by atoms with Crippen LogP contribution >= 0.6 is 0 Å². The fraction of sp³-hybridized carbons (Fsp3) is 0.500. The quantitative estimate of drug-likeness (QED) is 0.784. The molecule has 14 heavy (non-hydrogen) atoms. The molecular weight excluding hydrogens is 172 g/mol. The number of nitrogens with two attached hydrogens (primary N) is 1. The number of hydrogen-bond donors (Lipinski definition) is 1. The Labute approximate surface area is 85.7 Å². The first-order valence-corrected chi connectivity index (χ1v) is 5.40. The van der Waals surface area contributed by atoms with Crippen LogP contribution in [0.4, 0.5) is 0 Å². The lowest BCUT2D eigenvalue weighted by Gasteiger charge is -2.20. The van der Waals surface area contributed by atoms with Crippen molar-refractivity contribution in [1.29, 1.82) is 0 Å². The normalized spacial score (nSPS) is 22.8. The van der Waals surface area contributed by atoms with Crippen molar-refractivity contribution in [2.45, 2.75) is 25.4 Å². The van der Waals surface area contributed by atoms with Gasteiger partial charge in [0.2, 0.25) is 0 Å².